The molecule has 1 aromatic carbocycles. The van der Waals surface area contributed by atoms with Gasteiger partial charge in [-0.1, -0.05) is 34.1 Å². The number of aliphatic hydroxyl groups is 1. The zero-order valence-electron chi connectivity index (χ0n) is 7.91. The van der Waals surface area contributed by atoms with Crippen molar-refractivity contribution in [2.24, 2.45) is 0 Å². The van der Waals surface area contributed by atoms with Gasteiger partial charge in [0.1, 0.15) is 0 Å². The summed E-state index contributed by atoms with van der Waals surface area (Å²) in [6, 6.07) is 8.47. The second-order valence-electron chi connectivity index (χ2n) is 3.66. The molecule has 0 radical (unpaired) electrons. The summed E-state index contributed by atoms with van der Waals surface area (Å²) in [7, 11) is 0. The molecule has 0 aliphatic carbocycles. The van der Waals surface area contributed by atoms with Crippen LogP contribution in [0.1, 0.15) is 17.9 Å². The standard InChI is InChI=1S/C11H14BrNO/c12-10-4-2-1-3-8(10)9-5-6-13-11(9)7-14/h1-4,9,11,13-14H,5-7H2/t9-,11+/m0/s1. The molecule has 0 unspecified atom stereocenters. The van der Waals surface area contributed by atoms with Crippen LogP contribution in [0, 0.1) is 0 Å². The van der Waals surface area contributed by atoms with E-state index in [2.05, 4.69) is 33.4 Å². The van der Waals surface area contributed by atoms with E-state index in [9.17, 15) is 5.11 Å². The minimum absolute atomic E-state index is 0.214. The molecule has 1 heterocycles. The first-order valence-electron chi connectivity index (χ1n) is 4.91. The van der Waals surface area contributed by atoms with E-state index in [-0.39, 0.29) is 12.6 Å². The number of halogens is 1. The molecule has 0 aromatic heterocycles. The molecule has 1 aliphatic rings. The molecule has 2 nitrogen and oxygen atoms in total. The van der Waals surface area contributed by atoms with E-state index in [1.54, 1.807) is 0 Å². The Balaban J connectivity index is 2.26. The van der Waals surface area contributed by atoms with Crippen molar-refractivity contribution in [1.29, 1.82) is 0 Å². The first-order chi connectivity index (χ1) is 6.83. The fourth-order valence-corrected chi connectivity index (χ4v) is 2.69. The Bertz CT molecular complexity index is 316. The van der Waals surface area contributed by atoms with Gasteiger partial charge in [-0.05, 0) is 24.6 Å². The van der Waals surface area contributed by atoms with Gasteiger partial charge in [0.25, 0.3) is 0 Å². The van der Waals surface area contributed by atoms with Gasteiger partial charge in [-0.15, -0.1) is 0 Å². The Kier molecular flexibility index (Phi) is 3.21. The van der Waals surface area contributed by atoms with Crippen LogP contribution < -0.4 is 5.32 Å². The molecule has 76 valence electrons. The minimum atomic E-state index is 0.214. The molecule has 1 aromatic rings. The van der Waals surface area contributed by atoms with E-state index in [0.29, 0.717) is 5.92 Å². The first-order valence-corrected chi connectivity index (χ1v) is 5.71. The van der Waals surface area contributed by atoms with Crippen molar-refractivity contribution in [3.63, 3.8) is 0 Å². The average Bonchev–Trinajstić information content (AvgIpc) is 2.66. The fourth-order valence-electron chi connectivity index (χ4n) is 2.11. The molecular weight excluding hydrogens is 242 g/mol. The highest BCUT2D eigenvalue weighted by atomic mass is 79.9. The Hall–Kier alpha value is -0.380. The van der Waals surface area contributed by atoms with Crippen molar-refractivity contribution >= 4 is 15.9 Å². The van der Waals surface area contributed by atoms with Crippen LogP contribution in [0.3, 0.4) is 0 Å². The maximum Gasteiger partial charge on any atom is 0.0590 e. The topological polar surface area (TPSA) is 32.3 Å². The normalized spacial score (nSPS) is 26.7. The van der Waals surface area contributed by atoms with Crippen LogP contribution >= 0.6 is 15.9 Å². The summed E-state index contributed by atoms with van der Waals surface area (Å²) >= 11 is 3.55. The van der Waals surface area contributed by atoms with Crippen LogP contribution in [0.5, 0.6) is 0 Å². The zero-order valence-corrected chi connectivity index (χ0v) is 9.50. The molecule has 2 N–H and O–H groups in total. The van der Waals surface area contributed by atoms with Gasteiger partial charge in [0.15, 0.2) is 0 Å². The van der Waals surface area contributed by atoms with Crippen LogP contribution in [0.2, 0.25) is 0 Å². The monoisotopic (exact) mass is 255 g/mol. The SMILES string of the molecule is OC[C@H]1NCC[C@H]1c1ccccc1Br. The number of aliphatic hydroxyl groups excluding tert-OH is 1. The number of nitrogens with one attached hydrogen (secondary N) is 1. The predicted molar refractivity (Wildman–Crippen MR) is 60.4 cm³/mol. The molecule has 1 saturated heterocycles. The lowest BCUT2D eigenvalue weighted by Gasteiger charge is -2.18. The summed E-state index contributed by atoms with van der Waals surface area (Å²) in [5, 5.41) is 12.5. The van der Waals surface area contributed by atoms with Gasteiger partial charge in [0.05, 0.1) is 6.61 Å². The molecular formula is C11H14BrNO. The van der Waals surface area contributed by atoms with Gasteiger partial charge in [-0.2, -0.15) is 0 Å². The van der Waals surface area contributed by atoms with E-state index < -0.39 is 0 Å². The Morgan fingerprint density at radius 1 is 1.43 bits per heavy atom. The summed E-state index contributed by atoms with van der Waals surface area (Å²) in [5.41, 5.74) is 1.30. The third kappa shape index (κ3) is 1.85. The van der Waals surface area contributed by atoms with Crippen molar-refractivity contribution in [2.45, 2.75) is 18.4 Å². The molecule has 0 spiro atoms. The molecule has 2 rings (SSSR count). The molecule has 3 heteroatoms. The van der Waals surface area contributed by atoms with Gasteiger partial charge in [0, 0.05) is 16.4 Å². The molecule has 0 amide bonds. The maximum absolute atomic E-state index is 9.21. The first kappa shape index (κ1) is 10.1. The second-order valence-corrected chi connectivity index (χ2v) is 4.51. The second kappa shape index (κ2) is 4.43. The zero-order chi connectivity index (χ0) is 9.97. The fraction of sp³-hybridized carbons (Fsp3) is 0.455. The van der Waals surface area contributed by atoms with Crippen LogP contribution in [-0.4, -0.2) is 24.3 Å². The van der Waals surface area contributed by atoms with E-state index in [4.69, 9.17) is 0 Å². The van der Waals surface area contributed by atoms with Gasteiger partial charge in [-0.3, -0.25) is 0 Å². The number of rotatable bonds is 2. The molecule has 0 saturated carbocycles. The summed E-state index contributed by atoms with van der Waals surface area (Å²) in [6.07, 6.45) is 1.10. The summed E-state index contributed by atoms with van der Waals surface area (Å²) in [5.74, 6) is 0.440. The molecule has 1 aliphatic heterocycles. The summed E-state index contributed by atoms with van der Waals surface area (Å²) < 4.78 is 1.15. The van der Waals surface area contributed by atoms with Gasteiger partial charge in [-0.25, -0.2) is 0 Å². The molecule has 2 atom stereocenters. The average molecular weight is 256 g/mol. The lowest BCUT2D eigenvalue weighted by molar-refractivity contribution is 0.245. The van der Waals surface area contributed by atoms with E-state index in [1.807, 2.05) is 12.1 Å². The quantitative estimate of drug-likeness (QED) is 0.846. The third-order valence-corrected chi connectivity index (χ3v) is 3.57. The Morgan fingerprint density at radius 2 is 2.21 bits per heavy atom. The van der Waals surface area contributed by atoms with Gasteiger partial charge >= 0.3 is 0 Å². The van der Waals surface area contributed by atoms with Crippen molar-refractivity contribution < 1.29 is 5.11 Å². The van der Waals surface area contributed by atoms with Crippen molar-refractivity contribution in [1.82, 2.24) is 5.32 Å². The largest absolute Gasteiger partial charge is 0.395 e. The van der Waals surface area contributed by atoms with E-state index >= 15 is 0 Å². The Labute approximate surface area is 92.5 Å². The van der Waals surface area contributed by atoms with Gasteiger partial charge < -0.3 is 10.4 Å². The van der Waals surface area contributed by atoms with E-state index in [0.717, 1.165) is 17.4 Å². The third-order valence-electron chi connectivity index (χ3n) is 2.85. The lowest BCUT2D eigenvalue weighted by atomic mass is 9.92. The van der Waals surface area contributed by atoms with Crippen molar-refractivity contribution in [3.8, 4) is 0 Å². The highest BCUT2D eigenvalue weighted by molar-refractivity contribution is 9.10. The highest BCUT2D eigenvalue weighted by Crippen LogP contribution is 2.32. The van der Waals surface area contributed by atoms with Crippen molar-refractivity contribution in [3.05, 3.63) is 34.3 Å². The van der Waals surface area contributed by atoms with E-state index in [1.165, 1.54) is 5.56 Å². The smallest absolute Gasteiger partial charge is 0.0590 e. The van der Waals surface area contributed by atoms with Crippen LogP contribution in [0.4, 0.5) is 0 Å². The number of hydrogen-bond donors (Lipinski definition) is 2. The van der Waals surface area contributed by atoms with Gasteiger partial charge in [0.2, 0.25) is 0 Å². The molecule has 14 heavy (non-hydrogen) atoms. The van der Waals surface area contributed by atoms with Crippen molar-refractivity contribution in [2.75, 3.05) is 13.2 Å². The molecule has 0 bridgehead atoms. The summed E-state index contributed by atoms with van der Waals surface area (Å²) in [4.78, 5) is 0. The predicted octanol–water partition coefficient (Wildman–Crippen LogP) is 1.89. The van der Waals surface area contributed by atoms with Crippen LogP contribution in [0.25, 0.3) is 0 Å². The molecule has 1 fully saturated rings. The maximum atomic E-state index is 9.21. The highest BCUT2D eigenvalue weighted by Gasteiger charge is 2.28. The lowest BCUT2D eigenvalue weighted by Crippen LogP contribution is -2.29. The number of hydrogen-bond acceptors (Lipinski definition) is 2. The number of benzene rings is 1. The Morgan fingerprint density at radius 3 is 2.93 bits per heavy atom. The summed E-state index contributed by atoms with van der Waals surface area (Å²) in [6.45, 7) is 1.21. The minimum Gasteiger partial charge on any atom is -0.395 e. The van der Waals surface area contributed by atoms with Crippen LogP contribution in [-0.2, 0) is 0 Å². The van der Waals surface area contributed by atoms with Crippen LogP contribution in [0.15, 0.2) is 28.7 Å².